The number of hydrogen-bond acceptors (Lipinski definition) is 3. The van der Waals surface area contributed by atoms with Crippen LogP contribution in [0.15, 0.2) is 84.9 Å². The molecule has 0 unspecified atom stereocenters. The van der Waals surface area contributed by atoms with Crippen LogP contribution in [0.4, 0.5) is 11.4 Å². The first kappa shape index (κ1) is 16.2. The van der Waals surface area contributed by atoms with Gasteiger partial charge < -0.3 is 14.9 Å². The normalized spacial score (nSPS) is 14.6. The average Bonchev–Trinajstić information content (AvgIpc) is 3.14. The first-order valence-electron chi connectivity index (χ1n) is 8.71. The van der Waals surface area contributed by atoms with Crippen molar-refractivity contribution in [3.8, 4) is 0 Å². The van der Waals surface area contributed by atoms with Crippen molar-refractivity contribution < 1.29 is 9.90 Å². The SMILES string of the molecule is O=C(O)c1ccc(C2N(c3ccccc3)CCN2c2ccccc2)cc1. The van der Waals surface area contributed by atoms with E-state index in [0.717, 1.165) is 18.7 Å². The number of nitrogens with zero attached hydrogens (tertiary/aromatic N) is 2. The van der Waals surface area contributed by atoms with Crippen LogP contribution in [-0.2, 0) is 0 Å². The summed E-state index contributed by atoms with van der Waals surface area (Å²) in [5.74, 6) is -0.900. The molecule has 0 saturated carbocycles. The molecule has 1 fully saturated rings. The van der Waals surface area contributed by atoms with Crippen LogP contribution in [0.25, 0.3) is 0 Å². The van der Waals surface area contributed by atoms with Crippen LogP contribution in [0, 0.1) is 0 Å². The van der Waals surface area contributed by atoms with Crippen LogP contribution >= 0.6 is 0 Å². The van der Waals surface area contributed by atoms with Gasteiger partial charge >= 0.3 is 5.97 Å². The second kappa shape index (κ2) is 6.92. The number of hydrogen-bond donors (Lipinski definition) is 1. The molecule has 0 radical (unpaired) electrons. The van der Waals surface area contributed by atoms with Crippen molar-refractivity contribution >= 4 is 17.3 Å². The first-order valence-corrected chi connectivity index (χ1v) is 8.71. The molecule has 0 aromatic heterocycles. The summed E-state index contributed by atoms with van der Waals surface area (Å²) in [6, 6.07) is 27.9. The lowest BCUT2D eigenvalue weighted by Crippen LogP contribution is -2.30. The third-order valence-corrected chi connectivity index (χ3v) is 4.80. The van der Waals surface area contributed by atoms with Gasteiger partial charge in [0.1, 0.15) is 6.17 Å². The zero-order chi connectivity index (χ0) is 17.9. The summed E-state index contributed by atoms with van der Waals surface area (Å²) in [7, 11) is 0. The van der Waals surface area contributed by atoms with Crippen LogP contribution < -0.4 is 9.80 Å². The lowest BCUT2D eigenvalue weighted by atomic mass is 10.1. The number of carboxylic acid groups (broad SMARTS) is 1. The van der Waals surface area contributed by atoms with Gasteiger partial charge in [-0.15, -0.1) is 0 Å². The van der Waals surface area contributed by atoms with Gasteiger partial charge in [0.2, 0.25) is 0 Å². The van der Waals surface area contributed by atoms with Crippen molar-refractivity contribution in [2.75, 3.05) is 22.9 Å². The van der Waals surface area contributed by atoms with Crippen LogP contribution in [0.1, 0.15) is 22.1 Å². The Bertz CT molecular complexity index is 832. The fraction of sp³-hybridized carbons (Fsp3) is 0.136. The van der Waals surface area contributed by atoms with Crippen LogP contribution in [-0.4, -0.2) is 24.2 Å². The highest BCUT2D eigenvalue weighted by Gasteiger charge is 2.33. The van der Waals surface area contributed by atoms with Gasteiger partial charge in [-0.05, 0) is 42.0 Å². The summed E-state index contributed by atoms with van der Waals surface area (Å²) < 4.78 is 0. The molecule has 0 bridgehead atoms. The molecule has 4 rings (SSSR count). The maximum absolute atomic E-state index is 11.2. The minimum atomic E-state index is -0.900. The molecular weight excluding hydrogens is 324 g/mol. The van der Waals surface area contributed by atoms with Gasteiger partial charge in [-0.1, -0.05) is 48.5 Å². The van der Waals surface area contributed by atoms with Crippen molar-refractivity contribution in [3.63, 3.8) is 0 Å². The monoisotopic (exact) mass is 344 g/mol. The van der Waals surface area contributed by atoms with Crippen LogP contribution in [0.3, 0.4) is 0 Å². The number of benzene rings is 3. The van der Waals surface area contributed by atoms with Crippen LogP contribution in [0.2, 0.25) is 0 Å². The van der Waals surface area contributed by atoms with Crippen LogP contribution in [0.5, 0.6) is 0 Å². The molecule has 1 saturated heterocycles. The van der Waals surface area contributed by atoms with Gasteiger partial charge in [0, 0.05) is 24.5 Å². The molecule has 1 aliphatic heterocycles. The fourth-order valence-corrected chi connectivity index (χ4v) is 3.57. The second-order valence-corrected chi connectivity index (χ2v) is 6.36. The number of anilines is 2. The van der Waals surface area contributed by atoms with E-state index in [4.69, 9.17) is 0 Å². The predicted molar refractivity (Wildman–Crippen MR) is 104 cm³/mol. The van der Waals surface area contributed by atoms with E-state index in [2.05, 4.69) is 34.1 Å². The summed E-state index contributed by atoms with van der Waals surface area (Å²) in [4.78, 5) is 15.9. The molecule has 130 valence electrons. The Kier molecular flexibility index (Phi) is 4.32. The van der Waals surface area contributed by atoms with E-state index in [1.54, 1.807) is 12.1 Å². The fourth-order valence-electron chi connectivity index (χ4n) is 3.57. The molecule has 4 heteroatoms. The quantitative estimate of drug-likeness (QED) is 0.761. The largest absolute Gasteiger partial charge is 0.478 e. The minimum Gasteiger partial charge on any atom is -0.478 e. The van der Waals surface area contributed by atoms with Gasteiger partial charge in [-0.25, -0.2) is 4.79 Å². The Morgan fingerprint density at radius 1 is 0.731 bits per heavy atom. The van der Waals surface area contributed by atoms with E-state index >= 15 is 0 Å². The zero-order valence-corrected chi connectivity index (χ0v) is 14.3. The summed E-state index contributed by atoms with van der Waals surface area (Å²) in [5.41, 5.74) is 3.72. The highest BCUT2D eigenvalue weighted by molar-refractivity contribution is 5.87. The number of carboxylic acids is 1. The Morgan fingerprint density at radius 3 is 1.62 bits per heavy atom. The molecule has 0 spiro atoms. The second-order valence-electron chi connectivity index (χ2n) is 6.36. The molecule has 1 heterocycles. The smallest absolute Gasteiger partial charge is 0.335 e. The van der Waals surface area contributed by atoms with Gasteiger partial charge in [-0.3, -0.25) is 0 Å². The summed E-state index contributed by atoms with van der Waals surface area (Å²) in [6.45, 7) is 1.81. The molecule has 1 aliphatic rings. The van der Waals surface area contributed by atoms with Gasteiger partial charge in [0.05, 0.1) is 5.56 Å². The number of aromatic carboxylic acids is 1. The molecule has 0 amide bonds. The van der Waals surface area contributed by atoms with E-state index in [1.807, 2.05) is 48.5 Å². The zero-order valence-electron chi connectivity index (χ0n) is 14.3. The molecule has 3 aromatic rings. The molecule has 1 N–H and O–H groups in total. The number of rotatable bonds is 4. The average molecular weight is 344 g/mol. The van der Waals surface area contributed by atoms with E-state index in [-0.39, 0.29) is 6.17 Å². The predicted octanol–water partition coefficient (Wildman–Crippen LogP) is 4.41. The first-order chi connectivity index (χ1) is 12.7. The number of para-hydroxylation sites is 2. The maximum atomic E-state index is 11.2. The molecular formula is C22H20N2O2. The molecule has 3 aromatic carbocycles. The third kappa shape index (κ3) is 3.02. The van der Waals surface area contributed by atoms with Crippen molar-refractivity contribution in [2.45, 2.75) is 6.17 Å². The number of carbonyl (C=O) groups is 1. The van der Waals surface area contributed by atoms with E-state index in [1.165, 1.54) is 11.4 Å². The Morgan fingerprint density at radius 2 is 1.19 bits per heavy atom. The third-order valence-electron chi connectivity index (χ3n) is 4.80. The highest BCUT2D eigenvalue weighted by atomic mass is 16.4. The van der Waals surface area contributed by atoms with E-state index in [0.29, 0.717) is 5.56 Å². The van der Waals surface area contributed by atoms with Crippen molar-refractivity contribution in [1.82, 2.24) is 0 Å². The summed E-state index contributed by atoms with van der Waals surface area (Å²) >= 11 is 0. The Hall–Kier alpha value is -3.27. The lowest BCUT2D eigenvalue weighted by Gasteiger charge is -2.33. The molecule has 26 heavy (non-hydrogen) atoms. The lowest BCUT2D eigenvalue weighted by molar-refractivity contribution is 0.0697. The van der Waals surface area contributed by atoms with Crippen molar-refractivity contribution in [1.29, 1.82) is 0 Å². The van der Waals surface area contributed by atoms with Crippen molar-refractivity contribution in [2.24, 2.45) is 0 Å². The Labute approximate surface area is 152 Å². The van der Waals surface area contributed by atoms with Gasteiger partial charge in [0.15, 0.2) is 0 Å². The maximum Gasteiger partial charge on any atom is 0.335 e. The van der Waals surface area contributed by atoms with E-state index in [9.17, 15) is 9.90 Å². The van der Waals surface area contributed by atoms with Gasteiger partial charge in [-0.2, -0.15) is 0 Å². The van der Waals surface area contributed by atoms with Crippen molar-refractivity contribution in [3.05, 3.63) is 96.1 Å². The molecule has 0 aliphatic carbocycles. The molecule has 0 atom stereocenters. The van der Waals surface area contributed by atoms with Gasteiger partial charge in [0.25, 0.3) is 0 Å². The molecule has 4 nitrogen and oxygen atoms in total. The standard InChI is InChI=1S/C22H20N2O2/c25-22(26)18-13-11-17(12-14-18)21-23(19-7-3-1-4-8-19)15-16-24(21)20-9-5-2-6-10-20/h1-14,21H,15-16H2,(H,25,26). The topological polar surface area (TPSA) is 43.8 Å². The summed E-state index contributed by atoms with van der Waals surface area (Å²) in [6.07, 6.45) is 0.0302. The minimum absolute atomic E-state index is 0.0302. The summed E-state index contributed by atoms with van der Waals surface area (Å²) in [5, 5.41) is 9.18. The Balaban J connectivity index is 1.75. The van der Waals surface area contributed by atoms with E-state index < -0.39 is 5.97 Å². The highest BCUT2D eigenvalue weighted by Crippen LogP contribution is 2.37.